The summed E-state index contributed by atoms with van der Waals surface area (Å²) in [6, 6.07) is 7.24. The highest BCUT2D eigenvalue weighted by atomic mass is 35.5. The van der Waals surface area contributed by atoms with Gasteiger partial charge >= 0.3 is 0 Å². The Hall–Kier alpha value is -1.59. The molecule has 1 heterocycles. The van der Waals surface area contributed by atoms with E-state index in [1.807, 2.05) is 12.1 Å². The summed E-state index contributed by atoms with van der Waals surface area (Å²) in [4.78, 5) is 23.4. The Morgan fingerprint density at radius 3 is 2.59 bits per heavy atom. The first-order valence-electron chi connectivity index (χ1n) is 7.53. The lowest BCUT2D eigenvalue weighted by molar-refractivity contribution is -0.128. The minimum atomic E-state index is -0.215. The molecule has 120 valence electrons. The van der Waals surface area contributed by atoms with E-state index in [0.29, 0.717) is 18.0 Å². The van der Waals surface area contributed by atoms with Gasteiger partial charge in [-0.3, -0.25) is 9.59 Å². The lowest BCUT2D eigenvalue weighted by atomic mass is 10.1. The van der Waals surface area contributed by atoms with Crippen molar-refractivity contribution in [3.63, 3.8) is 0 Å². The highest BCUT2D eigenvalue weighted by Crippen LogP contribution is 2.15. The topological polar surface area (TPSA) is 67.4 Å². The molecular formula is C16H21ClN2O3. The van der Waals surface area contributed by atoms with Crippen LogP contribution in [0.4, 0.5) is 0 Å². The Balaban J connectivity index is 1.62. The number of hydrogen-bond acceptors (Lipinski definition) is 3. The van der Waals surface area contributed by atoms with Crippen molar-refractivity contribution in [1.29, 1.82) is 0 Å². The van der Waals surface area contributed by atoms with Gasteiger partial charge in [0.2, 0.25) is 11.8 Å². The first kappa shape index (κ1) is 16.8. The molecule has 1 unspecified atom stereocenters. The van der Waals surface area contributed by atoms with Crippen LogP contribution in [0.1, 0.15) is 31.2 Å². The number of rotatable bonds is 6. The molecule has 2 amide bonds. The maximum atomic E-state index is 11.7. The van der Waals surface area contributed by atoms with Crippen LogP contribution in [0.15, 0.2) is 24.3 Å². The van der Waals surface area contributed by atoms with Crippen molar-refractivity contribution in [3.8, 4) is 0 Å². The lowest BCUT2D eigenvalue weighted by Gasteiger charge is -2.21. The molecule has 2 rings (SSSR count). The van der Waals surface area contributed by atoms with E-state index in [1.54, 1.807) is 12.1 Å². The minimum absolute atomic E-state index is 0.00845. The Morgan fingerprint density at radius 2 is 1.91 bits per heavy atom. The summed E-state index contributed by atoms with van der Waals surface area (Å²) in [5, 5.41) is 6.03. The van der Waals surface area contributed by atoms with Gasteiger partial charge in [0.05, 0.1) is 19.1 Å². The Labute approximate surface area is 135 Å². The number of nitrogens with one attached hydrogen (secondary N) is 2. The van der Waals surface area contributed by atoms with E-state index in [-0.39, 0.29) is 24.5 Å². The fourth-order valence-electron chi connectivity index (χ4n) is 2.29. The van der Waals surface area contributed by atoms with Crippen LogP contribution in [0.5, 0.6) is 0 Å². The Bertz CT molecular complexity index is 499. The minimum Gasteiger partial charge on any atom is -0.378 e. The van der Waals surface area contributed by atoms with Crippen molar-refractivity contribution < 1.29 is 14.3 Å². The van der Waals surface area contributed by atoms with E-state index < -0.39 is 0 Å². The van der Waals surface area contributed by atoms with Gasteiger partial charge in [-0.25, -0.2) is 0 Å². The molecule has 1 aliphatic rings. The summed E-state index contributed by atoms with van der Waals surface area (Å²) >= 11 is 5.79. The summed E-state index contributed by atoms with van der Waals surface area (Å²) in [5.74, 6) is -0.360. The van der Waals surface area contributed by atoms with Gasteiger partial charge in [0, 0.05) is 18.2 Å². The Kier molecular flexibility index (Phi) is 6.68. The molecule has 1 aromatic rings. The largest absolute Gasteiger partial charge is 0.378 e. The molecule has 1 aromatic carbocycles. The summed E-state index contributed by atoms with van der Waals surface area (Å²) in [5.41, 5.74) is 0.958. The molecule has 6 heteroatoms. The molecule has 22 heavy (non-hydrogen) atoms. The van der Waals surface area contributed by atoms with Gasteiger partial charge < -0.3 is 15.4 Å². The third-order valence-electron chi connectivity index (χ3n) is 3.54. The summed E-state index contributed by atoms with van der Waals surface area (Å²) < 4.78 is 5.50. The second kappa shape index (κ2) is 8.76. The predicted molar refractivity (Wildman–Crippen MR) is 84.5 cm³/mol. The van der Waals surface area contributed by atoms with E-state index in [2.05, 4.69) is 10.6 Å². The molecule has 0 bridgehead atoms. The van der Waals surface area contributed by atoms with Gasteiger partial charge in [0.25, 0.3) is 0 Å². The second-order valence-corrected chi connectivity index (χ2v) is 5.81. The number of carbonyl (C=O) groups is 2. The summed E-state index contributed by atoms with van der Waals surface area (Å²) in [6.07, 6.45) is 3.39. The van der Waals surface area contributed by atoms with Gasteiger partial charge in [-0.15, -0.1) is 0 Å². The quantitative estimate of drug-likeness (QED) is 0.841. The fourth-order valence-corrected chi connectivity index (χ4v) is 2.42. The normalized spacial score (nSPS) is 17.8. The van der Waals surface area contributed by atoms with Crippen LogP contribution in [0, 0.1) is 0 Å². The lowest BCUT2D eigenvalue weighted by Crippen LogP contribution is -2.38. The van der Waals surface area contributed by atoms with Crippen molar-refractivity contribution in [2.45, 2.75) is 38.3 Å². The molecule has 0 saturated carbocycles. The average Bonchev–Trinajstić information content (AvgIpc) is 2.53. The summed E-state index contributed by atoms with van der Waals surface area (Å²) in [6.45, 7) is 1.12. The van der Waals surface area contributed by atoms with Gasteiger partial charge in [-0.05, 0) is 37.0 Å². The fraction of sp³-hybridized carbons (Fsp3) is 0.500. The Morgan fingerprint density at radius 1 is 1.14 bits per heavy atom. The number of halogens is 1. The number of ether oxygens (including phenoxy) is 1. The van der Waals surface area contributed by atoms with E-state index in [9.17, 15) is 9.59 Å². The highest BCUT2D eigenvalue weighted by Gasteiger charge is 2.17. The van der Waals surface area contributed by atoms with Crippen LogP contribution in [0.3, 0.4) is 0 Å². The molecule has 5 nitrogen and oxygen atoms in total. The maximum Gasteiger partial charge on any atom is 0.239 e. The van der Waals surface area contributed by atoms with Crippen molar-refractivity contribution in [3.05, 3.63) is 34.9 Å². The number of carbonyl (C=O) groups excluding carboxylic acids is 2. The summed E-state index contributed by atoms with van der Waals surface area (Å²) in [7, 11) is 0. The van der Waals surface area contributed by atoms with Gasteiger partial charge in [-0.2, -0.15) is 0 Å². The van der Waals surface area contributed by atoms with Crippen LogP contribution >= 0.6 is 11.6 Å². The van der Waals surface area contributed by atoms with Crippen molar-refractivity contribution in [2.75, 3.05) is 13.2 Å². The molecule has 1 aliphatic heterocycles. The highest BCUT2D eigenvalue weighted by molar-refractivity contribution is 6.30. The van der Waals surface area contributed by atoms with Crippen LogP contribution in [0.25, 0.3) is 0 Å². The molecule has 1 saturated heterocycles. The zero-order chi connectivity index (χ0) is 15.8. The van der Waals surface area contributed by atoms with E-state index in [0.717, 1.165) is 31.4 Å². The van der Waals surface area contributed by atoms with Crippen molar-refractivity contribution in [2.24, 2.45) is 0 Å². The molecule has 0 spiro atoms. The maximum absolute atomic E-state index is 11.7. The van der Waals surface area contributed by atoms with Gasteiger partial charge in [0.15, 0.2) is 0 Å². The SMILES string of the molecule is O=C(CNC(=O)CC1CCCCO1)NCc1ccc(Cl)cc1. The zero-order valence-electron chi connectivity index (χ0n) is 12.4. The van der Waals surface area contributed by atoms with E-state index in [1.165, 1.54) is 0 Å². The molecule has 0 aromatic heterocycles. The smallest absolute Gasteiger partial charge is 0.239 e. The standard InChI is InChI=1S/C16H21ClN2O3/c17-13-6-4-12(5-7-13)10-18-16(21)11-19-15(20)9-14-3-1-2-8-22-14/h4-7,14H,1-3,8-11H2,(H,18,21)(H,19,20). The van der Waals surface area contributed by atoms with Gasteiger partial charge in [-0.1, -0.05) is 23.7 Å². The molecule has 1 atom stereocenters. The molecule has 2 N–H and O–H groups in total. The molecular weight excluding hydrogens is 304 g/mol. The molecule has 0 radical (unpaired) electrons. The number of benzene rings is 1. The van der Waals surface area contributed by atoms with E-state index >= 15 is 0 Å². The van der Waals surface area contributed by atoms with Crippen molar-refractivity contribution >= 4 is 23.4 Å². The first-order valence-corrected chi connectivity index (χ1v) is 7.91. The average molecular weight is 325 g/mol. The van der Waals surface area contributed by atoms with Crippen LogP contribution in [-0.2, 0) is 20.9 Å². The van der Waals surface area contributed by atoms with Gasteiger partial charge in [0.1, 0.15) is 0 Å². The van der Waals surface area contributed by atoms with Crippen LogP contribution < -0.4 is 10.6 Å². The van der Waals surface area contributed by atoms with Crippen LogP contribution in [-0.4, -0.2) is 31.1 Å². The third kappa shape index (κ3) is 6.03. The first-order chi connectivity index (χ1) is 10.6. The van der Waals surface area contributed by atoms with Crippen molar-refractivity contribution in [1.82, 2.24) is 10.6 Å². The number of hydrogen-bond donors (Lipinski definition) is 2. The number of amides is 2. The molecule has 1 fully saturated rings. The second-order valence-electron chi connectivity index (χ2n) is 5.37. The van der Waals surface area contributed by atoms with E-state index in [4.69, 9.17) is 16.3 Å². The van der Waals surface area contributed by atoms with Crippen LogP contribution in [0.2, 0.25) is 5.02 Å². The molecule has 0 aliphatic carbocycles. The third-order valence-corrected chi connectivity index (χ3v) is 3.79. The predicted octanol–water partition coefficient (Wildman–Crippen LogP) is 2.03. The zero-order valence-corrected chi connectivity index (χ0v) is 13.2. The monoisotopic (exact) mass is 324 g/mol.